The van der Waals surface area contributed by atoms with E-state index in [0.717, 1.165) is 10.5 Å². The van der Waals surface area contributed by atoms with Gasteiger partial charge in [-0.05, 0) is 48.4 Å². The Morgan fingerprint density at radius 1 is 0.781 bits per heavy atom. The average Bonchev–Trinajstić information content (AvgIpc) is 3.02. The Kier molecular flexibility index (Phi) is 6.33. The van der Waals surface area contributed by atoms with E-state index in [0.29, 0.717) is 23.4 Å². The van der Waals surface area contributed by atoms with E-state index in [1.165, 1.54) is 0 Å². The van der Waals surface area contributed by atoms with Crippen molar-refractivity contribution in [2.24, 2.45) is 0 Å². The van der Waals surface area contributed by atoms with E-state index in [9.17, 15) is 14.4 Å². The van der Waals surface area contributed by atoms with Crippen molar-refractivity contribution in [3.05, 3.63) is 107 Å². The third kappa shape index (κ3) is 4.71. The first kappa shape index (κ1) is 21.3. The zero-order valence-corrected chi connectivity index (χ0v) is 17.8. The summed E-state index contributed by atoms with van der Waals surface area (Å²) in [6.45, 7) is 0.238. The van der Waals surface area contributed by atoms with Crippen LogP contribution < -0.4 is 10.6 Å². The monoisotopic (exact) mass is 445 g/mol. The van der Waals surface area contributed by atoms with E-state index in [1.54, 1.807) is 36.4 Å². The maximum Gasteiger partial charge on any atom is 0.278 e. The van der Waals surface area contributed by atoms with Gasteiger partial charge in [0.2, 0.25) is 0 Å². The van der Waals surface area contributed by atoms with Crippen LogP contribution in [-0.2, 0) is 16.0 Å². The molecule has 2 N–H and O–H groups in total. The summed E-state index contributed by atoms with van der Waals surface area (Å²) in [6.07, 6.45) is 0.543. The van der Waals surface area contributed by atoms with Crippen LogP contribution in [0.2, 0.25) is 0 Å². The highest BCUT2D eigenvalue weighted by molar-refractivity contribution is 6.48. The van der Waals surface area contributed by atoms with Crippen molar-refractivity contribution < 1.29 is 14.4 Å². The fraction of sp³-hybridized carbons (Fsp3) is 0.0800. The first-order chi connectivity index (χ1) is 15.5. The molecule has 3 amide bonds. The maximum atomic E-state index is 12.8. The van der Waals surface area contributed by atoms with Crippen molar-refractivity contribution in [2.45, 2.75) is 6.42 Å². The molecule has 0 unspecified atom stereocenters. The first-order valence-corrected chi connectivity index (χ1v) is 10.4. The normalized spacial score (nSPS) is 13.5. The van der Waals surface area contributed by atoms with Gasteiger partial charge in [-0.15, -0.1) is 0 Å². The largest absolute Gasteiger partial charge is 0.350 e. The zero-order valence-electron chi connectivity index (χ0n) is 17.0. The first-order valence-electron chi connectivity index (χ1n) is 10.1. The topological polar surface area (TPSA) is 78.5 Å². The molecular weight excluding hydrogens is 426 g/mol. The van der Waals surface area contributed by atoms with Crippen LogP contribution in [0.15, 0.2) is 95.7 Å². The molecule has 160 valence electrons. The van der Waals surface area contributed by atoms with E-state index in [1.807, 2.05) is 48.5 Å². The van der Waals surface area contributed by atoms with Crippen LogP contribution in [0.3, 0.4) is 0 Å². The third-order valence-electron chi connectivity index (χ3n) is 5.03. The molecule has 0 saturated heterocycles. The smallest absolute Gasteiger partial charge is 0.278 e. The molecule has 0 radical (unpaired) electrons. The molecule has 1 aliphatic heterocycles. The number of anilines is 2. The van der Waals surface area contributed by atoms with Gasteiger partial charge >= 0.3 is 0 Å². The molecule has 0 aliphatic carbocycles. The van der Waals surface area contributed by atoms with Crippen molar-refractivity contribution in [1.29, 1.82) is 0 Å². The van der Waals surface area contributed by atoms with Crippen LogP contribution in [0.4, 0.5) is 11.4 Å². The van der Waals surface area contributed by atoms with Gasteiger partial charge in [0.15, 0.2) is 0 Å². The Morgan fingerprint density at radius 2 is 1.41 bits per heavy atom. The lowest BCUT2D eigenvalue weighted by molar-refractivity contribution is -0.137. The van der Waals surface area contributed by atoms with Crippen LogP contribution in [0.1, 0.15) is 15.9 Å². The van der Waals surface area contributed by atoms with Crippen LogP contribution in [-0.4, -0.2) is 29.2 Å². The number of imide groups is 1. The number of para-hydroxylation sites is 1. The number of nitrogens with zero attached hydrogens (tertiary/aromatic N) is 1. The fourth-order valence-corrected chi connectivity index (χ4v) is 3.55. The van der Waals surface area contributed by atoms with E-state index < -0.39 is 11.8 Å². The van der Waals surface area contributed by atoms with Gasteiger partial charge in [-0.3, -0.25) is 19.3 Å². The van der Waals surface area contributed by atoms with Crippen LogP contribution in [0, 0.1) is 0 Å². The Hall–Kier alpha value is -3.90. The molecule has 0 saturated carbocycles. The minimum Gasteiger partial charge on any atom is -0.350 e. The lowest BCUT2D eigenvalue weighted by Crippen LogP contribution is -2.34. The number of rotatable bonds is 7. The molecule has 6 nitrogen and oxygen atoms in total. The Morgan fingerprint density at radius 3 is 2.06 bits per heavy atom. The minimum atomic E-state index is -0.519. The van der Waals surface area contributed by atoms with Gasteiger partial charge in [0, 0.05) is 23.5 Å². The second-order valence-electron chi connectivity index (χ2n) is 7.21. The summed E-state index contributed by atoms with van der Waals surface area (Å²) in [6, 6.07) is 25.3. The minimum absolute atomic E-state index is 0.0335. The Bertz CT molecular complexity index is 1180. The van der Waals surface area contributed by atoms with E-state index >= 15 is 0 Å². The number of nitrogens with one attached hydrogen (secondary N) is 2. The molecule has 4 rings (SSSR count). The summed E-state index contributed by atoms with van der Waals surface area (Å²) in [5.74, 6) is -1.24. The highest BCUT2D eigenvalue weighted by atomic mass is 35.5. The van der Waals surface area contributed by atoms with Crippen molar-refractivity contribution >= 4 is 40.7 Å². The summed E-state index contributed by atoms with van der Waals surface area (Å²) < 4.78 is 0. The summed E-state index contributed by atoms with van der Waals surface area (Å²) in [4.78, 5) is 38.8. The molecule has 3 aromatic rings. The lowest BCUT2D eigenvalue weighted by atomic mass is 10.1. The SMILES string of the molecule is O=C(Nc1ccccc1)c1ccc(NC2=C(Cl)C(=O)N(CCc3ccccc3)C2=O)cc1. The van der Waals surface area contributed by atoms with Crippen molar-refractivity contribution in [1.82, 2.24) is 4.90 Å². The van der Waals surface area contributed by atoms with Crippen LogP contribution in [0.5, 0.6) is 0 Å². The second-order valence-corrected chi connectivity index (χ2v) is 7.59. The average molecular weight is 446 g/mol. The standard InChI is InChI=1S/C25H20ClN3O3/c26-21-22(25(32)29(24(21)31)16-15-17-7-3-1-4-8-17)27-20-13-11-18(12-14-20)23(30)28-19-9-5-2-6-10-19/h1-14,27H,15-16H2,(H,28,30). The van der Waals surface area contributed by atoms with Crippen molar-refractivity contribution in [3.8, 4) is 0 Å². The van der Waals surface area contributed by atoms with E-state index in [-0.39, 0.29) is 23.2 Å². The summed E-state index contributed by atoms with van der Waals surface area (Å²) in [7, 11) is 0. The Labute approximate surface area is 190 Å². The molecule has 0 aromatic heterocycles. The number of hydrogen-bond donors (Lipinski definition) is 2. The molecule has 32 heavy (non-hydrogen) atoms. The van der Waals surface area contributed by atoms with Gasteiger partial charge in [0.05, 0.1) is 0 Å². The summed E-state index contributed by atoms with van der Waals surface area (Å²) in [5, 5.41) is 5.58. The second kappa shape index (κ2) is 9.49. The van der Waals surface area contributed by atoms with Crippen molar-refractivity contribution in [2.75, 3.05) is 17.2 Å². The number of amides is 3. The predicted octanol–water partition coefficient (Wildman–Crippen LogP) is 4.41. The zero-order chi connectivity index (χ0) is 22.5. The van der Waals surface area contributed by atoms with Gasteiger partial charge in [0.25, 0.3) is 17.7 Å². The fourth-order valence-electron chi connectivity index (χ4n) is 3.32. The summed E-state index contributed by atoms with van der Waals surface area (Å²) in [5.41, 5.74) is 2.75. The number of hydrogen-bond acceptors (Lipinski definition) is 4. The van der Waals surface area contributed by atoms with Gasteiger partial charge in [-0.2, -0.15) is 0 Å². The van der Waals surface area contributed by atoms with E-state index in [4.69, 9.17) is 11.6 Å². The molecular formula is C25H20ClN3O3. The van der Waals surface area contributed by atoms with E-state index in [2.05, 4.69) is 10.6 Å². The number of carbonyl (C=O) groups is 3. The maximum absolute atomic E-state index is 12.8. The molecule has 0 atom stereocenters. The van der Waals surface area contributed by atoms with Gasteiger partial charge in [-0.25, -0.2) is 0 Å². The van der Waals surface area contributed by atoms with Gasteiger partial charge in [0.1, 0.15) is 10.7 Å². The van der Waals surface area contributed by atoms with Gasteiger partial charge < -0.3 is 10.6 Å². The molecule has 0 fully saturated rings. The predicted molar refractivity (Wildman–Crippen MR) is 124 cm³/mol. The molecule has 7 heteroatoms. The number of benzene rings is 3. The molecule has 1 heterocycles. The van der Waals surface area contributed by atoms with Crippen molar-refractivity contribution in [3.63, 3.8) is 0 Å². The van der Waals surface area contributed by atoms with Crippen LogP contribution >= 0.6 is 11.6 Å². The molecule has 1 aliphatic rings. The molecule has 0 bridgehead atoms. The number of carbonyl (C=O) groups excluding carboxylic acids is 3. The highest BCUT2D eigenvalue weighted by Gasteiger charge is 2.37. The third-order valence-corrected chi connectivity index (χ3v) is 5.38. The quantitative estimate of drug-likeness (QED) is 0.528. The lowest BCUT2D eigenvalue weighted by Gasteiger charge is -2.15. The molecule has 3 aromatic carbocycles. The number of halogens is 1. The van der Waals surface area contributed by atoms with Crippen LogP contribution in [0.25, 0.3) is 0 Å². The highest BCUT2D eigenvalue weighted by Crippen LogP contribution is 2.26. The summed E-state index contributed by atoms with van der Waals surface area (Å²) >= 11 is 6.16. The Balaban J connectivity index is 1.40. The molecule has 0 spiro atoms. The van der Waals surface area contributed by atoms with Gasteiger partial charge in [-0.1, -0.05) is 60.1 Å².